The van der Waals surface area contributed by atoms with E-state index in [1.54, 1.807) is 16.8 Å². The van der Waals surface area contributed by atoms with Gasteiger partial charge in [-0.05, 0) is 13.8 Å². The molecule has 7 heteroatoms. The minimum absolute atomic E-state index is 0.758. The van der Waals surface area contributed by atoms with E-state index in [1.807, 2.05) is 6.20 Å². The molecular formula is C10H15N5S2. The molecule has 2 rings (SSSR count). The van der Waals surface area contributed by atoms with E-state index in [9.17, 15) is 0 Å². The third-order valence-electron chi connectivity index (χ3n) is 2.35. The predicted molar refractivity (Wildman–Crippen MR) is 72.9 cm³/mol. The summed E-state index contributed by atoms with van der Waals surface area (Å²) in [7, 11) is 0. The summed E-state index contributed by atoms with van der Waals surface area (Å²) in [6, 6.07) is 0. The van der Waals surface area contributed by atoms with Gasteiger partial charge in [-0.2, -0.15) is 0 Å². The fourth-order valence-electron chi connectivity index (χ4n) is 1.43. The van der Waals surface area contributed by atoms with Crippen LogP contribution in [0.25, 0.3) is 0 Å². The lowest BCUT2D eigenvalue weighted by Crippen LogP contribution is -2.21. The first-order valence-electron chi connectivity index (χ1n) is 5.53. The molecule has 0 atom stereocenters. The first-order chi connectivity index (χ1) is 8.33. The molecule has 92 valence electrons. The molecule has 17 heavy (non-hydrogen) atoms. The van der Waals surface area contributed by atoms with Gasteiger partial charge < -0.3 is 10.2 Å². The van der Waals surface area contributed by atoms with Gasteiger partial charge >= 0.3 is 0 Å². The standard InChI is InChI=1S/C10H15N5S2/c1-3-15(4-2)10-12-6-8(17-10)5-11-9-14-13-7-16-9/h6-7H,3-5H2,1-2H3,(H,11,14). The molecule has 1 N–H and O–H groups in total. The van der Waals surface area contributed by atoms with Crippen molar-refractivity contribution in [3.63, 3.8) is 0 Å². The zero-order valence-corrected chi connectivity index (χ0v) is 11.5. The van der Waals surface area contributed by atoms with Gasteiger partial charge in [-0.3, -0.25) is 0 Å². The van der Waals surface area contributed by atoms with E-state index in [2.05, 4.69) is 39.2 Å². The highest BCUT2D eigenvalue weighted by molar-refractivity contribution is 7.15. The first-order valence-corrected chi connectivity index (χ1v) is 7.22. The van der Waals surface area contributed by atoms with Gasteiger partial charge in [0.05, 0.1) is 6.54 Å². The Morgan fingerprint density at radius 1 is 1.35 bits per heavy atom. The van der Waals surface area contributed by atoms with Gasteiger partial charge in [0.2, 0.25) is 5.13 Å². The van der Waals surface area contributed by atoms with Gasteiger partial charge in [0.15, 0.2) is 5.13 Å². The maximum atomic E-state index is 4.43. The Kier molecular flexibility index (Phi) is 4.27. The molecule has 0 saturated heterocycles. The van der Waals surface area contributed by atoms with Crippen molar-refractivity contribution >= 4 is 32.9 Å². The Bertz CT molecular complexity index is 435. The number of hydrogen-bond donors (Lipinski definition) is 1. The van der Waals surface area contributed by atoms with E-state index in [0.717, 1.165) is 29.9 Å². The van der Waals surface area contributed by atoms with Crippen LogP contribution >= 0.6 is 22.7 Å². The zero-order chi connectivity index (χ0) is 12.1. The maximum Gasteiger partial charge on any atom is 0.205 e. The highest BCUT2D eigenvalue weighted by atomic mass is 32.1. The van der Waals surface area contributed by atoms with E-state index in [1.165, 1.54) is 16.2 Å². The lowest BCUT2D eigenvalue weighted by molar-refractivity contribution is 0.860. The SMILES string of the molecule is CCN(CC)c1ncc(CNc2nncs2)s1. The van der Waals surface area contributed by atoms with Crippen molar-refractivity contribution in [2.45, 2.75) is 20.4 Å². The zero-order valence-electron chi connectivity index (χ0n) is 9.88. The second kappa shape index (κ2) is 5.92. The summed E-state index contributed by atoms with van der Waals surface area (Å²) in [5, 5.41) is 12.9. The summed E-state index contributed by atoms with van der Waals surface area (Å²) in [5.74, 6) is 0. The van der Waals surface area contributed by atoms with Crippen LogP contribution in [0.5, 0.6) is 0 Å². The van der Waals surface area contributed by atoms with Crippen molar-refractivity contribution in [1.82, 2.24) is 15.2 Å². The average molecular weight is 269 g/mol. The van der Waals surface area contributed by atoms with Gasteiger partial charge in [0.1, 0.15) is 5.51 Å². The molecule has 2 aromatic heterocycles. The van der Waals surface area contributed by atoms with Crippen LogP contribution in [0.15, 0.2) is 11.7 Å². The summed E-state index contributed by atoms with van der Waals surface area (Å²) in [6.45, 7) is 7.03. The van der Waals surface area contributed by atoms with Crippen LogP contribution in [0.3, 0.4) is 0 Å². The van der Waals surface area contributed by atoms with Crippen LogP contribution in [-0.4, -0.2) is 28.3 Å². The van der Waals surface area contributed by atoms with Gasteiger partial charge in [-0.25, -0.2) is 4.98 Å². The molecule has 0 bridgehead atoms. The summed E-state index contributed by atoms with van der Waals surface area (Å²) >= 11 is 3.23. The highest BCUT2D eigenvalue weighted by Gasteiger charge is 2.07. The topological polar surface area (TPSA) is 53.9 Å². The Morgan fingerprint density at radius 3 is 2.82 bits per heavy atom. The highest BCUT2D eigenvalue weighted by Crippen LogP contribution is 2.23. The van der Waals surface area contributed by atoms with Crippen molar-refractivity contribution in [3.05, 3.63) is 16.6 Å². The number of aromatic nitrogens is 3. The van der Waals surface area contributed by atoms with Crippen LogP contribution in [-0.2, 0) is 6.54 Å². The normalized spacial score (nSPS) is 10.5. The molecular weight excluding hydrogens is 254 g/mol. The molecule has 0 unspecified atom stereocenters. The largest absolute Gasteiger partial charge is 0.355 e. The number of nitrogens with one attached hydrogen (secondary N) is 1. The summed E-state index contributed by atoms with van der Waals surface area (Å²) in [5.41, 5.74) is 1.72. The quantitative estimate of drug-likeness (QED) is 0.873. The van der Waals surface area contributed by atoms with Crippen LogP contribution in [0, 0.1) is 0 Å². The fraction of sp³-hybridized carbons (Fsp3) is 0.500. The summed E-state index contributed by atoms with van der Waals surface area (Å²) in [6.07, 6.45) is 1.92. The number of nitrogens with zero attached hydrogens (tertiary/aromatic N) is 4. The van der Waals surface area contributed by atoms with Gasteiger partial charge in [-0.15, -0.1) is 21.5 Å². The molecule has 0 aliphatic carbocycles. The maximum absolute atomic E-state index is 4.43. The third-order valence-corrected chi connectivity index (χ3v) is 4.06. The van der Waals surface area contributed by atoms with Crippen LogP contribution in [0.1, 0.15) is 18.7 Å². The van der Waals surface area contributed by atoms with Crippen molar-refractivity contribution in [2.24, 2.45) is 0 Å². The minimum atomic E-state index is 0.758. The molecule has 2 heterocycles. The van der Waals surface area contributed by atoms with E-state index < -0.39 is 0 Å². The Hall–Kier alpha value is -1.21. The molecule has 0 spiro atoms. The van der Waals surface area contributed by atoms with Crippen molar-refractivity contribution in [2.75, 3.05) is 23.3 Å². The minimum Gasteiger partial charge on any atom is -0.355 e. The molecule has 0 aliphatic rings. The fourth-order valence-corrected chi connectivity index (χ4v) is 2.85. The summed E-state index contributed by atoms with van der Waals surface area (Å²) in [4.78, 5) is 7.89. The lowest BCUT2D eigenvalue weighted by Gasteiger charge is -2.16. The molecule has 0 saturated carbocycles. The van der Waals surface area contributed by atoms with E-state index in [-0.39, 0.29) is 0 Å². The Labute approximate surface area is 109 Å². The van der Waals surface area contributed by atoms with E-state index >= 15 is 0 Å². The second-order valence-corrected chi connectivity index (χ2v) is 5.31. The van der Waals surface area contributed by atoms with Crippen LogP contribution < -0.4 is 10.2 Å². The second-order valence-electron chi connectivity index (χ2n) is 3.38. The molecule has 0 aromatic carbocycles. The molecule has 0 fully saturated rings. The molecule has 0 aliphatic heterocycles. The van der Waals surface area contributed by atoms with Crippen molar-refractivity contribution in [3.8, 4) is 0 Å². The molecule has 0 radical (unpaired) electrons. The van der Waals surface area contributed by atoms with E-state index in [4.69, 9.17) is 0 Å². The number of thiazole rings is 1. The van der Waals surface area contributed by atoms with Crippen LogP contribution in [0.4, 0.5) is 10.3 Å². The molecule has 0 amide bonds. The first kappa shape index (κ1) is 12.3. The predicted octanol–water partition coefficient (Wildman–Crippen LogP) is 2.45. The van der Waals surface area contributed by atoms with Gasteiger partial charge in [0.25, 0.3) is 0 Å². The van der Waals surface area contributed by atoms with E-state index in [0.29, 0.717) is 0 Å². The molecule has 2 aromatic rings. The smallest absolute Gasteiger partial charge is 0.205 e. The molecule has 5 nitrogen and oxygen atoms in total. The Balaban J connectivity index is 1.94. The monoisotopic (exact) mass is 269 g/mol. The summed E-state index contributed by atoms with van der Waals surface area (Å²) < 4.78 is 0. The third kappa shape index (κ3) is 3.13. The Morgan fingerprint density at radius 2 is 2.18 bits per heavy atom. The van der Waals surface area contributed by atoms with Crippen molar-refractivity contribution in [1.29, 1.82) is 0 Å². The number of hydrogen-bond acceptors (Lipinski definition) is 7. The van der Waals surface area contributed by atoms with Gasteiger partial charge in [-0.1, -0.05) is 11.3 Å². The number of anilines is 2. The van der Waals surface area contributed by atoms with Crippen LogP contribution in [0.2, 0.25) is 0 Å². The van der Waals surface area contributed by atoms with Gasteiger partial charge in [0, 0.05) is 24.2 Å². The average Bonchev–Trinajstić information content (AvgIpc) is 2.99. The van der Waals surface area contributed by atoms with Crippen molar-refractivity contribution < 1.29 is 0 Å². The number of rotatable bonds is 6. The lowest BCUT2D eigenvalue weighted by atomic mass is 10.5.